The van der Waals surface area contributed by atoms with E-state index >= 15 is 0 Å². The van der Waals surface area contributed by atoms with Crippen LogP contribution in [0.4, 0.5) is 5.69 Å². The monoisotopic (exact) mass is 289 g/mol. The zero-order chi connectivity index (χ0) is 15.2. The fourth-order valence-corrected chi connectivity index (χ4v) is 2.57. The number of carbonyl (C=O) groups is 2. The molecule has 0 saturated carbocycles. The highest BCUT2D eigenvalue weighted by Crippen LogP contribution is 2.20. The number of piperidine rings is 1. The molecule has 0 spiro atoms. The van der Waals surface area contributed by atoms with Crippen LogP contribution in [0, 0.1) is 0 Å². The molecule has 1 saturated heterocycles. The maximum Gasteiger partial charge on any atom is 0.253 e. The van der Waals surface area contributed by atoms with Gasteiger partial charge in [-0.1, -0.05) is 19.1 Å². The number of hydrogen-bond donors (Lipinski definition) is 2. The highest BCUT2D eigenvalue weighted by molar-refractivity contribution is 6.04. The molecule has 1 fully saturated rings. The second kappa shape index (κ2) is 7.22. The zero-order valence-electron chi connectivity index (χ0n) is 12.7. The van der Waals surface area contributed by atoms with Crippen LogP contribution in [0.15, 0.2) is 24.3 Å². The van der Waals surface area contributed by atoms with Crippen LogP contribution >= 0.6 is 0 Å². The molecule has 1 atom stereocenters. The molecular weight excluding hydrogens is 266 g/mol. The van der Waals surface area contributed by atoms with Gasteiger partial charge in [-0.25, -0.2) is 0 Å². The summed E-state index contributed by atoms with van der Waals surface area (Å²) in [5.74, 6) is -0.121. The molecule has 5 heteroatoms. The van der Waals surface area contributed by atoms with Crippen LogP contribution in [0.5, 0.6) is 0 Å². The molecule has 2 rings (SSSR count). The molecule has 0 aromatic heterocycles. The number of benzene rings is 1. The number of amides is 2. The van der Waals surface area contributed by atoms with Crippen LogP contribution < -0.4 is 15.5 Å². The van der Waals surface area contributed by atoms with Gasteiger partial charge in [0.05, 0.1) is 11.3 Å². The molecular formula is C16H23N3O2. The first kappa shape index (κ1) is 15.5. The molecule has 2 N–H and O–H groups in total. The Morgan fingerprint density at radius 1 is 1.38 bits per heavy atom. The number of nitrogens with zero attached hydrogens (tertiary/aromatic N) is 1. The SMILES string of the molecule is CCC(=O)N(C)c1ccccc1C(=O)N[C@H]1CCCNC1. The van der Waals surface area contributed by atoms with Gasteiger partial charge < -0.3 is 15.5 Å². The summed E-state index contributed by atoms with van der Waals surface area (Å²) in [6.07, 6.45) is 2.48. The van der Waals surface area contributed by atoms with E-state index < -0.39 is 0 Å². The Morgan fingerprint density at radius 2 is 2.14 bits per heavy atom. The van der Waals surface area contributed by atoms with Gasteiger partial charge in [-0.3, -0.25) is 9.59 Å². The maximum atomic E-state index is 12.5. The third-order valence-electron chi connectivity index (χ3n) is 3.82. The van der Waals surface area contributed by atoms with Crippen LogP contribution in [0.25, 0.3) is 0 Å². The number of carbonyl (C=O) groups excluding carboxylic acids is 2. The molecule has 2 amide bonds. The van der Waals surface area contributed by atoms with E-state index in [4.69, 9.17) is 0 Å². The van der Waals surface area contributed by atoms with Gasteiger partial charge in [0.1, 0.15) is 0 Å². The number of anilines is 1. The lowest BCUT2D eigenvalue weighted by atomic mass is 10.1. The van der Waals surface area contributed by atoms with E-state index in [1.165, 1.54) is 0 Å². The van der Waals surface area contributed by atoms with E-state index in [2.05, 4.69) is 10.6 Å². The molecule has 21 heavy (non-hydrogen) atoms. The minimum absolute atomic E-state index is 0.00502. The number of nitrogens with one attached hydrogen (secondary N) is 2. The Hall–Kier alpha value is -1.88. The lowest BCUT2D eigenvalue weighted by Crippen LogP contribution is -2.45. The highest BCUT2D eigenvalue weighted by Gasteiger charge is 2.20. The standard InChI is InChI=1S/C16H23N3O2/c1-3-15(20)19(2)14-9-5-4-8-13(14)16(21)18-12-7-6-10-17-11-12/h4-5,8-9,12,17H,3,6-7,10-11H2,1-2H3,(H,18,21)/t12-/m0/s1. The van der Waals surface area contributed by atoms with Crippen molar-refractivity contribution in [1.29, 1.82) is 0 Å². The van der Waals surface area contributed by atoms with Gasteiger partial charge in [-0.2, -0.15) is 0 Å². The van der Waals surface area contributed by atoms with Gasteiger partial charge in [0.2, 0.25) is 5.91 Å². The number of hydrogen-bond acceptors (Lipinski definition) is 3. The summed E-state index contributed by atoms with van der Waals surface area (Å²) in [5, 5.41) is 6.33. The van der Waals surface area contributed by atoms with Crippen molar-refractivity contribution in [1.82, 2.24) is 10.6 Å². The minimum atomic E-state index is -0.116. The second-order valence-electron chi connectivity index (χ2n) is 5.34. The van der Waals surface area contributed by atoms with Crippen molar-refractivity contribution in [2.45, 2.75) is 32.2 Å². The molecule has 1 aliphatic rings. The zero-order valence-corrected chi connectivity index (χ0v) is 12.7. The average molecular weight is 289 g/mol. The van der Waals surface area contributed by atoms with E-state index in [-0.39, 0.29) is 17.9 Å². The van der Waals surface area contributed by atoms with Crippen LogP contribution in [0.3, 0.4) is 0 Å². The third-order valence-corrected chi connectivity index (χ3v) is 3.82. The van der Waals surface area contributed by atoms with Crippen LogP contribution in [-0.4, -0.2) is 38.0 Å². The Bertz CT molecular complexity index is 510. The van der Waals surface area contributed by atoms with E-state index in [0.717, 1.165) is 25.9 Å². The lowest BCUT2D eigenvalue weighted by Gasteiger charge is -2.25. The van der Waals surface area contributed by atoms with E-state index in [9.17, 15) is 9.59 Å². The van der Waals surface area contributed by atoms with Crippen molar-refractivity contribution in [2.75, 3.05) is 25.0 Å². The summed E-state index contributed by atoms with van der Waals surface area (Å²) in [6, 6.07) is 7.39. The number of rotatable bonds is 4. The van der Waals surface area contributed by atoms with E-state index in [0.29, 0.717) is 17.7 Å². The first-order valence-electron chi connectivity index (χ1n) is 7.50. The second-order valence-corrected chi connectivity index (χ2v) is 5.34. The molecule has 1 aliphatic heterocycles. The van der Waals surface area contributed by atoms with Gasteiger partial charge in [-0.15, -0.1) is 0 Å². The Balaban J connectivity index is 2.14. The summed E-state index contributed by atoms with van der Waals surface area (Å²) in [7, 11) is 1.71. The Labute approximate surface area is 125 Å². The van der Waals surface area contributed by atoms with Crippen molar-refractivity contribution in [2.24, 2.45) is 0 Å². The highest BCUT2D eigenvalue weighted by atomic mass is 16.2. The summed E-state index contributed by atoms with van der Waals surface area (Å²) in [5.41, 5.74) is 1.21. The largest absolute Gasteiger partial charge is 0.348 e. The summed E-state index contributed by atoms with van der Waals surface area (Å²) < 4.78 is 0. The van der Waals surface area contributed by atoms with Crippen molar-refractivity contribution >= 4 is 17.5 Å². The van der Waals surface area contributed by atoms with Gasteiger partial charge >= 0.3 is 0 Å². The lowest BCUT2D eigenvalue weighted by molar-refractivity contribution is -0.118. The average Bonchev–Trinajstić information content (AvgIpc) is 2.54. The third kappa shape index (κ3) is 3.82. The Kier molecular flexibility index (Phi) is 5.33. The maximum absolute atomic E-state index is 12.5. The predicted octanol–water partition coefficient (Wildman–Crippen LogP) is 1.54. The minimum Gasteiger partial charge on any atom is -0.348 e. The smallest absolute Gasteiger partial charge is 0.253 e. The molecule has 0 unspecified atom stereocenters. The fourth-order valence-electron chi connectivity index (χ4n) is 2.57. The van der Waals surface area contributed by atoms with Crippen molar-refractivity contribution < 1.29 is 9.59 Å². The van der Waals surface area contributed by atoms with E-state index in [1.54, 1.807) is 18.0 Å². The summed E-state index contributed by atoms with van der Waals surface area (Å²) in [6.45, 7) is 3.63. The molecule has 0 aliphatic carbocycles. The van der Waals surface area contributed by atoms with Crippen molar-refractivity contribution in [3.8, 4) is 0 Å². The fraction of sp³-hybridized carbons (Fsp3) is 0.500. The van der Waals surface area contributed by atoms with Crippen molar-refractivity contribution in [3.05, 3.63) is 29.8 Å². The van der Waals surface area contributed by atoms with Crippen LogP contribution in [0.1, 0.15) is 36.5 Å². The van der Waals surface area contributed by atoms with Crippen LogP contribution in [0.2, 0.25) is 0 Å². The molecule has 0 bridgehead atoms. The van der Waals surface area contributed by atoms with Gasteiger partial charge in [0, 0.05) is 26.1 Å². The first-order chi connectivity index (χ1) is 10.1. The quantitative estimate of drug-likeness (QED) is 0.884. The normalized spacial score (nSPS) is 18.1. The molecule has 1 heterocycles. The summed E-state index contributed by atoms with van der Waals surface area (Å²) >= 11 is 0. The first-order valence-corrected chi connectivity index (χ1v) is 7.50. The number of para-hydroxylation sites is 1. The van der Waals surface area contributed by atoms with Gasteiger partial charge in [0.15, 0.2) is 0 Å². The van der Waals surface area contributed by atoms with Gasteiger partial charge in [0.25, 0.3) is 5.91 Å². The Morgan fingerprint density at radius 3 is 2.81 bits per heavy atom. The molecule has 1 aromatic carbocycles. The topological polar surface area (TPSA) is 61.4 Å². The molecule has 0 radical (unpaired) electrons. The van der Waals surface area contributed by atoms with Crippen molar-refractivity contribution in [3.63, 3.8) is 0 Å². The predicted molar refractivity (Wildman–Crippen MR) is 83.5 cm³/mol. The summed E-state index contributed by atoms with van der Waals surface area (Å²) in [4.78, 5) is 25.9. The molecule has 1 aromatic rings. The van der Waals surface area contributed by atoms with Crippen LogP contribution in [-0.2, 0) is 4.79 Å². The van der Waals surface area contributed by atoms with E-state index in [1.807, 2.05) is 25.1 Å². The molecule has 114 valence electrons. The molecule has 5 nitrogen and oxygen atoms in total. The van der Waals surface area contributed by atoms with Gasteiger partial charge in [-0.05, 0) is 31.5 Å².